The number of carboxylic acids is 1. The number of hydrogen-bond donors (Lipinski definition) is 1. The van der Waals surface area contributed by atoms with Crippen LogP contribution in [0, 0.1) is 0 Å². The smallest absolute Gasteiger partial charge is 0.309 e. The summed E-state index contributed by atoms with van der Waals surface area (Å²) in [5.74, 6) is 0.00429. The van der Waals surface area contributed by atoms with Gasteiger partial charge >= 0.3 is 5.97 Å². The van der Waals surface area contributed by atoms with E-state index in [1.165, 1.54) is 11.3 Å². The molecule has 3 rings (SSSR count). The van der Waals surface area contributed by atoms with Gasteiger partial charge in [-0.05, 0) is 12.1 Å². The molecule has 4 nitrogen and oxygen atoms in total. The predicted molar refractivity (Wildman–Crippen MR) is 73.3 cm³/mol. The van der Waals surface area contributed by atoms with E-state index in [0.29, 0.717) is 12.3 Å². The number of thiazole rings is 1. The molecule has 1 N–H and O–H groups in total. The summed E-state index contributed by atoms with van der Waals surface area (Å²) < 4.78 is 5.66. The number of ether oxygens (including phenoxy) is 1. The molecule has 0 radical (unpaired) electrons. The molecule has 5 heteroatoms. The third-order valence-corrected chi connectivity index (χ3v) is 3.76. The standard InChI is InChI=1S/C14H11NO3S/c16-13(17)6-11-8-19-14(15-11)10-5-9-3-1-2-4-12(9)18-7-10/h1-5,8H,6-7H2,(H,16,17). The third kappa shape index (κ3) is 2.51. The molecule has 1 aliphatic heterocycles. The number of hydrogen-bond acceptors (Lipinski definition) is 4. The van der Waals surface area contributed by atoms with Crippen molar-refractivity contribution >= 4 is 29.0 Å². The van der Waals surface area contributed by atoms with Gasteiger partial charge in [0.05, 0.1) is 12.1 Å². The van der Waals surface area contributed by atoms with Gasteiger partial charge in [-0.25, -0.2) is 4.98 Å². The van der Waals surface area contributed by atoms with Crippen LogP contribution in [0.3, 0.4) is 0 Å². The Hall–Kier alpha value is -2.14. The minimum Gasteiger partial charge on any atom is -0.488 e. The molecule has 0 spiro atoms. The van der Waals surface area contributed by atoms with Crippen molar-refractivity contribution in [1.29, 1.82) is 0 Å². The highest BCUT2D eigenvalue weighted by Crippen LogP contribution is 2.31. The van der Waals surface area contributed by atoms with Crippen molar-refractivity contribution in [3.63, 3.8) is 0 Å². The number of aromatic nitrogens is 1. The van der Waals surface area contributed by atoms with E-state index >= 15 is 0 Å². The van der Waals surface area contributed by atoms with E-state index in [2.05, 4.69) is 4.98 Å². The first-order valence-corrected chi connectivity index (χ1v) is 6.69. The SMILES string of the molecule is O=C(O)Cc1csc(C2=Cc3ccccc3OC2)n1. The topological polar surface area (TPSA) is 59.4 Å². The number of nitrogens with zero attached hydrogens (tertiary/aromatic N) is 1. The molecule has 1 aromatic carbocycles. The molecule has 2 heterocycles. The lowest BCUT2D eigenvalue weighted by atomic mass is 10.1. The van der Waals surface area contributed by atoms with Crippen LogP contribution in [0.2, 0.25) is 0 Å². The number of rotatable bonds is 3. The highest BCUT2D eigenvalue weighted by molar-refractivity contribution is 7.10. The maximum Gasteiger partial charge on any atom is 0.309 e. The van der Waals surface area contributed by atoms with Crippen molar-refractivity contribution in [3.05, 3.63) is 45.9 Å². The monoisotopic (exact) mass is 273 g/mol. The third-order valence-electron chi connectivity index (χ3n) is 2.79. The number of benzene rings is 1. The van der Waals surface area contributed by atoms with Crippen LogP contribution in [-0.4, -0.2) is 22.7 Å². The Kier molecular flexibility index (Phi) is 3.05. The summed E-state index contributed by atoms with van der Waals surface area (Å²) >= 11 is 1.45. The van der Waals surface area contributed by atoms with E-state index in [4.69, 9.17) is 9.84 Å². The normalized spacial score (nSPS) is 13.4. The Labute approximate surface area is 114 Å². The number of carbonyl (C=O) groups is 1. The summed E-state index contributed by atoms with van der Waals surface area (Å²) in [7, 11) is 0. The lowest BCUT2D eigenvalue weighted by molar-refractivity contribution is -0.136. The molecule has 19 heavy (non-hydrogen) atoms. The molecule has 0 saturated heterocycles. The van der Waals surface area contributed by atoms with E-state index in [0.717, 1.165) is 21.9 Å². The summed E-state index contributed by atoms with van der Waals surface area (Å²) in [6.45, 7) is 0.469. The summed E-state index contributed by atoms with van der Waals surface area (Å²) in [6.07, 6.45) is 2.00. The van der Waals surface area contributed by atoms with Crippen LogP contribution in [0.4, 0.5) is 0 Å². The lowest BCUT2D eigenvalue weighted by Gasteiger charge is -2.16. The highest BCUT2D eigenvalue weighted by atomic mass is 32.1. The van der Waals surface area contributed by atoms with E-state index < -0.39 is 5.97 Å². The van der Waals surface area contributed by atoms with E-state index in [1.807, 2.05) is 30.3 Å². The first kappa shape index (κ1) is 11.9. The van der Waals surface area contributed by atoms with Gasteiger partial charge in [0, 0.05) is 16.5 Å². The first-order valence-electron chi connectivity index (χ1n) is 5.81. The molecule has 0 fully saturated rings. The van der Waals surface area contributed by atoms with Crippen molar-refractivity contribution in [2.75, 3.05) is 6.61 Å². The van der Waals surface area contributed by atoms with Gasteiger partial charge in [0.25, 0.3) is 0 Å². The fourth-order valence-corrected chi connectivity index (χ4v) is 2.75. The summed E-state index contributed by atoms with van der Waals surface area (Å²) in [5.41, 5.74) is 2.60. The Morgan fingerprint density at radius 3 is 3.11 bits per heavy atom. The Morgan fingerprint density at radius 2 is 2.26 bits per heavy atom. The van der Waals surface area contributed by atoms with Gasteiger partial charge in [-0.3, -0.25) is 4.79 Å². The molecule has 2 aromatic rings. The minimum absolute atomic E-state index is 0.0405. The second-order valence-corrected chi connectivity index (χ2v) is 5.07. The van der Waals surface area contributed by atoms with Crippen LogP contribution < -0.4 is 4.74 Å². The Morgan fingerprint density at radius 1 is 1.42 bits per heavy atom. The zero-order chi connectivity index (χ0) is 13.2. The molecular weight excluding hydrogens is 262 g/mol. The number of fused-ring (bicyclic) bond motifs is 1. The second kappa shape index (κ2) is 4.85. The molecule has 0 amide bonds. The molecule has 0 unspecified atom stereocenters. The summed E-state index contributed by atoms with van der Waals surface area (Å²) in [6, 6.07) is 7.81. The molecule has 0 atom stereocenters. The van der Waals surface area contributed by atoms with Crippen molar-refractivity contribution in [2.45, 2.75) is 6.42 Å². The second-order valence-electron chi connectivity index (χ2n) is 4.21. The predicted octanol–water partition coefficient (Wildman–Crippen LogP) is 2.70. The molecular formula is C14H11NO3S. The van der Waals surface area contributed by atoms with Crippen LogP contribution >= 0.6 is 11.3 Å². The van der Waals surface area contributed by atoms with E-state index in [1.54, 1.807) is 5.38 Å². The van der Waals surface area contributed by atoms with Gasteiger partial charge in [0.1, 0.15) is 17.4 Å². The maximum absolute atomic E-state index is 10.6. The quantitative estimate of drug-likeness (QED) is 0.934. The highest BCUT2D eigenvalue weighted by Gasteiger charge is 2.15. The fourth-order valence-electron chi connectivity index (χ4n) is 1.93. The first-order chi connectivity index (χ1) is 9.22. The zero-order valence-corrected chi connectivity index (χ0v) is 10.8. The molecule has 0 aliphatic carbocycles. The van der Waals surface area contributed by atoms with Gasteiger partial charge in [-0.2, -0.15) is 0 Å². The molecule has 1 aromatic heterocycles. The molecule has 0 saturated carbocycles. The maximum atomic E-state index is 10.6. The van der Waals surface area contributed by atoms with Gasteiger partial charge in [0.15, 0.2) is 0 Å². The largest absolute Gasteiger partial charge is 0.488 e. The summed E-state index contributed by atoms with van der Waals surface area (Å²) in [4.78, 5) is 15.0. The van der Waals surface area contributed by atoms with Gasteiger partial charge in [-0.1, -0.05) is 18.2 Å². The number of aliphatic carboxylic acids is 1. The van der Waals surface area contributed by atoms with E-state index in [9.17, 15) is 4.79 Å². The average Bonchev–Trinajstić information content (AvgIpc) is 2.86. The van der Waals surface area contributed by atoms with Gasteiger partial charge in [-0.15, -0.1) is 11.3 Å². The summed E-state index contributed by atoms with van der Waals surface area (Å²) in [5, 5.41) is 11.3. The Balaban J connectivity index is 1.89. The van der Waals surface area contributed by atoms with Crippen LogP contribution in [0.5, 0.6) is 5.75 Å². The van der Waals surface area contributed by atoms with Crippen LogP contribution in [-0.2, 0) is 11.2 Å². The van der Waals surface area contributed by atoms with Crippen molar-refractivity contribution in [3.8, 4) is 5.75 Å². The molecule has 1 aliphatic rings. The molecule has 96 valence electrons. The Bertz CT molecular complexity index is 660. The van der Waals surface area contributed by atoms with Crippen LogP contribution in [0.15, 0.2) is 29.6 Å². The van der Waals surface area contributed by atoms with Crippen LogP contribution in [0.25, 0.3) is 11.6 Å². The average molecular weight is 273 g/mol. The van der Waals surface area contributed by atoms with Gasteiger partial charge in [0.2, 0.25) is 0 Å². The number of para-hydroxylation sites is 1. The molecule has 0 bridgehead atoms. The van der Waals surface area contributed by atoms with Crippen molar-refractivity contribution in [1.82, 2.24) is 4.98 Å². The number of carboxylic acid groups (broad SMARTS) is 1. The van der Waals surface area contributed by atoms with E-state index in [-0.39, 0.29) is 6.42 Å². The zero-order valence-electron chi connectivity index (χ0n) is 10.00. The van der Waals surface area contributed by atoms with Crippen molar-refractivity contribution in [2.24, 2.45) is 0 Å². The fraction of sp³-hybridized carbons (Fsp3) is 0.143. The lowest BCUT2D eigenvalue weighted by Crippen LogP contribution is -2.06. The van der Waals surface area contributed by atoms with Crippen molar-refractivity contribution < 1.29 is 14.6 Å². The minimum atomic E-state index is -0.865. The van der Waals surface area contributed by atoms with Gasteiger partial charge < -0.3 is 9.84 Å². The van der Waals surface area contributed by atoms with Crippen LogP contribution in [0.1, 0.15) is 16.3 Å².